The molecule has 0 amide bonds. The monoisotopic (exact) mass is 522 g/mol. The Labute approximate surface area is 212 Å². The third-order valence-electron chi connectivity index (χ3n) is 6.87. The summed E-state index contributed by atoms with van der Waals surface area (Å²) in [6, 6.07) is 2.79. The van der Waals surface area contributed by atoms with E-state index in [1.54, 1.807) is 0 Å². The summed E-state index contributed by atoms with van der Waals surface area (Å²) >= 11 is 0. The fourth-order valence-electron chi connectivity index (χ4n) is 4.86. The number of hydrogen-bond acceptors (Lipinski definition) is 12. The van der Waals surface area contributed by atoms with Gasteiger partial charge in [0.25, 0.3) is 0 Å². The molecule has 1 aliphatic heterocycles. The van der Waals surface area contributed by atoms with Gasteiger partial charge in [0.15, 0.2) is 34.6 Å². The van der Waals surface area contributed by atoms with Crippen molar-refractivity contribution >= 4 is 11.4 Å². The zero-order valence-corrected chi connectivity index (χ0v) is 20.4. The Bertz CT molecular complexity index is 1140. The Kier molecular flexibility index (Phi) is 7.55. The van der Waals surface area contributed by atoms with Gasteiger partial charge in [-0.15, -0.1) is 0 Å². The number of hydrogen-bond donors (Lipinski definition) is 6. The first-order chi connectivity index (χ1) is 17.7. The molecule has 3 aliphatic rings. The molecule has 0 spiro atoms. The van der Waals surface area contributed by atoms with Crippen LogP contribution in [0.5, 0.6) is 17.2 Å². The molecule has 37 heavy (non-hydrogen) atoms. The van der Waals surface area contributed by atoms with Gasteiger partial charge in [-0.1, -0.05) is 0 Å². The normalized spacial score (nSPS) is 31.5. The van der Waals surface area contributed by atoms with Crippen molar-refractivity contribution in [2.45, 2.75) is 36.9 Å². The number of carbonyl (C=O) groups is 1. The Morgan fingerprint density at radius 3 is 2.35 bits per heavy atom. The molecule has 1 aromatic carbocycles. The molecule has 1 heterocycles. The number of rotatable bonds is 7. The first-order valence-electron chi connectivity index (χ1n) is 11.5. The van der Waals surface area contributed by atoms with Crippen LogP contribution in [0.25, 0.3) is 5.57 Å². The van der Waals surface area contributed by atoms with Gasteiger partial charge in [-0.2, -0.15) is 0 Å². The van der Waals surface area contributed by atoms with Gasteiger partial charge in [0.2, 0.25) is 5.75 Å². The maximum Gasteiger partial charge on any atom is 0.203 e. The van der Waals surface area contributed by atoms with E-state index in [0.29, 0.717) is 0 Å². The summed E-state index contributed by atoms with van der Waals surface area (Å²) in [6.45, 7) is -0.441. The molecule has 0 saturated heterocycles. The molecule has 4 rings (SSSR count). The number of ketones is 1. The van der Waals surface area contributed by atoms with Gasteiger partial charge >= 0.3 is 0 Å². The van der Waals surface area contributed by atoms with Crippen LogP contribution in [0, 0.1) is 11.8 Å². The van der Waals surface area contributed by atoms with Crippen molar-refractivity contribution in [3.8, 4) is 17.2 Å². The van der Waals surface area contributed by atoms with Gasteiger partial charge in [-0.25, -0.2) is 0 Å². The standard InChI is InChI=1S/C25H30O12/c1-33-16-5-10(4-13(27)24(16)34-2)12-9-36-14-7-17(25(35-3)22(31)18(14)20(12)29)37-15-6-11(8-26)19(28)23(32)21(15)30/h4-5,7,9,11,14-15,18-19,21,23,26-28,30-32H,6,8H2,1-3H3. The summed E-state index contributed by atoms with van der Waals surface area (Å²) in [5.41, 5.74) is 0.326. The van der Waals surface area contributed by atoms with E-state index in [2.05, 4.69) is 0 Å². The van der Waals surface area contributed by atoms with Gasteiger partial charge < -0.3 is 54.3 Å². The van der Waals surface area contributed by atoms with Gasteiger partial charge in [0.1, 0.15) is 30.3 Å². The molecule has 12 heteroatoms. The minimum absolute atomic E-state index is 0.00567. The lowest BCUT2D eigenvalue weighted by Crippen LogP contribution is -2.55. The third-order valence-corrected chi connectivity index (χ3v) is 6.87. The van der Waals surface area contributed by atoms with Crippen LogP contribution in [0.4, 0.5) is 0 Å². The molecule has 6 N–H and O–H groups in total. The van der Waals surface area contributed by atoms with Crippen molar-refractivity contribution in [2.75, 3.05) is 27.9 Å². The second-order valence-corrected chi connectivity index (χ2v) is 8.96. The number of Topliss-reactive ketones (excluding diaryl/α,β-unsaturated/α-hetero) is 1. The van der Waals surface area contributed by atoms with Crippen LogP contribution in [-0.2, 0) is 19.0 Å². The lowest BCUT2D eigenvalue weighted by Gasteiger charge is -2.41. The topological polar surface area (TPSA) is 185 Å². The summed E-state index contributed by atoms with van der Waals surface area (Å²) in [4.78, 5) is 13.5. The number of allylic oxidation sites excluding steroid dienone is 1. The highest BCUT2D eigenvalue weighted by molar-refractivity contribution is 6.23. The molecule has 0 bridgehead atoms. The first kappa shape index (κ1) is 26.6. The molecule has 1 saturated carbocycles. The van der Waals surface area contributed by atoms with Crippen molar-refractivity contribution in [2.24, 2.45) is 11.8 Å². The lowest BCUT2D eigenvalue weighted by atomic mass is 9.80. The van der Waals surface area contributed by atoms with Crippen molar-refractivity contribution in [3.63, 3.8) is 0 Å². The molecule has 0 radical (unpaired) electrons. The van der Waals surface area contributed by atoms with E-state index >= 15 is 0 Å². The number of aliphatic hydroxyl groups is 5. The fourth-order valence-corrected chi connectivity index (χ4v) is 4.86. The first-order valence-corrected chi connectivity index (χ1v) is 11.5. The molecule has 0 aromatic heterocycles. The van der Waals surface area contributed by atoms with Crippen LogP contribution in [0.3, 0.4) is 0 Å². The average Bonchev–Trinajstić information content (AvgIpc) is 2.88. The Morgan fingerprint density at radius 2 is 1.73 bits per heavy atom. The highest BCUT2D eigenvalue weighted by Crippen LogP contribution is 2.43. The van der Waals surface area contributed by atoms with Crippen LogP contribution in [0.1, 0.15) is 12.0 Å². The van der Waals surface area contributed by atoms with E-state index in [4.69, 9.17) is 23.7 Å². The van der Waals surface area contributed by atoms with Gasteiger partial charge in [-0.05, 0) is 24.1 Å². The van der Waals surface area contributed by atoms with E-state index < -0.39 is 60.5 Å². The molecular weight excluding hydrogens is 492 g/mol. The van der Waals surface area contributed by atoms with Gasteiger partial charge in [-0.3, -0.25) is 4.79 Å². The Balaban J connectivity index is 1.65. The van der Waals surface area contributed by atoms with Crippen molar-refractivity contribution in [1.29, 1.82) is 0 Å². The van der Waals surface area contributed by atoms with Crippen LogP contribution in [0.2, 0.25) is 0 Å². The van der Waals surface area contributed by atoms with E-state index in [0.717, 1.165) is 0 Å². The number of aromatic hydroxyl groups is 1. The number of benzene rings is 1. The number of phenolic OH excluding ortho intramolecular Hbond substituents is 1. The average molecular weight is 523 g/mol. The minimum Gasteiger partial charge on any atom is -0.507 e. The highest BCUT2D eigenvalue weighted by atomic mass is 16.5. The van der Waals surface area contributed by atoms with E-state index in [-0.39, 0.29) is 46.3 Å². The molecule has 7 atom stereocenters. The summed E-state index contributed by atoms with van der Waals surface area (Å²) in [6.07, 6.45) is -3.85. The van der Waals surface area contributed by atoms with Gasteiger partial charge in [0, 0.05) is 18.6 Å². The predicted molar refractivity (Wildman–Crippen MR) is 125 cm³/mol. The molecule has 1 aromatic rings. The predicted octanol–water partition coefficient (Wildman–Crippen LogP) is 0.128. The number of ether oxygens (including phenoxy) is 5. The van der Waals surface area contributed by atoms with Crippen molar-refractivity contribution < 1.29 is 59.1 Å². The zero-order valence-electron chi connectivity index (χ0n) is 20.4. The Morgan fingerprint density at radius 1 is 1.00 bits per heavy atom. The highest BCUT2D eigenvalue weighted by Gasteiger charge is 2.47. The van der Waals surface area contributed by atoms with E-state index in [1.807, 2.05) is 0 Å². The third kappa shape index (κ3) is 4.57. The number of aliphatic hydroxyl groups excluding tert-OH is 5. The summed E-state index contributed by atoms with van der Waals surface area (Å²) in [5, 5.41) is 61.5. The smallest absolute Gasteiger partial charge is 0.203 e. The summed E-state index contributed by atoms with van der Waals surface area (Å²) in [5.74, 6) is -3.16. The van der Waals surface area contributed by atoms with Gasteiger partial charge in [0.05, 0.1) is 39.3 Å². The molecule has 7 unspecified atom stereocenters. The number of fused-ring (bicyclic) bond motifs is 1. The molecule has 1 fully saturated rings. The van der Waals surface area contributed by atoms with Crippen LogP contribution in [-0.4, -0.2) is 94.9 Å². The van der Waals surface area contributed by atoms with Crippen LogP contribution >= 0.6 is 0 Å². The van der Waals surface area contributed by atoms with E-state index in [1.165, 1.54) is 45.8 Å². The Hall–Kier alpha value is -3.45. The number of phenols is 1. The number of carbonyl (C=O) groups excluding carboxylic acids is 1. The molecule has 2 aliphatic carbocycles. The largest absolute Gasteiger partial charge is 0.507 e. The van der Waals surface area contributed by atoms with Crippen molar-refractivity contribution in [3.05, 3.63) is 47.3 Å². The lowest BCUT2D eigenvalue weighted by molar-refractivity contribution is -0.169. The summed E-state index contributed by atoms with van der Waals surface area (Å²) < 4.78 is 27.2. The maximum absolute atomic E-state index is 13.5. The SMILES string of the molecule is COC1=C(O)C2C(=O)C(c3cc(O)c(OC)c(OC)c3)=COC2C=C1OC1CC(CO)C(O)C(O)C1O. The molecule has 202 valence electrons. The summed E-state index contributed by atoms with van der Waals surface area (Å²) in [7, 11) is 3.99. The minimum atomic E-state index is -1.56. The maximum atomic E-state index is 13.5. The van der Waals surface area contributed by atoms with Crippen LogP contribution < -0.4 is 9.47 Å². The molecule has 12 nitrogen and oxygen atoms in total. The zero-order chi connectivity index (χ0) is 27.0. The fraction of sp³-hybridized carbons (Fsp3) is 0.480. The molecular formula is C25H30O12. The second kappa shape index (κ2) is 10.5. The van der Waals surface area contributed by atoms with Crippen LogP contribution in [0.15, 0.2) is 41.7 Å². The van der Waals surface area contributed by atoms with E-state index in [9.17, 15) is 35.4 Å². The van der Waals surface area contributed by atoms with Crippen molar-refractivity contribution in [1.82, 2.24) is 0 Å². The second-order valence-electron chi connectivity index (χ2n) is 8.96. The number of methoxy groups -OCH3 is 3. The quantitative estimate of drug-likeness (QED) is 0.285.